The van der Waals surface area contributed by atoms with E-state index < -0.39 is 0 Å². The lowest BCUT2D eigenvalue weighted by atomic mass is 9.96. The number of likely N-dealkylation sites (tertiary alicyclic amines) is 1. The standard InChI is InChI=1S/C18H25N3/c1-15-4-5-16(2)18(12-15)14-20-10-6-17(7-11-20)13-21-9-3-8-19-21/h3-5,8-9,12,17H,6-7,10-11,13-14H2,1-2H3. The van der Waals surface area contributed by atoms with E-state index in [0.29, 0.717) is 0 Å². The van der Waals surface area contributed by atoms with E-state index in [-0.39, 0.29) is 0 Å². The number of piperidine rings is 1. The minimum Gasteiger partial charge on any atom is -0.299 e. The lowest BCUT2D eigenvalue weighted by Crippen LogP contribution is -2.34. The van der Waals surface area contributed by atoms with Crippen molar-refractivity contribution in [3.8, 4) is 0 Å². The van der Waals surface area contributed by atoms with Crippen molar-refractivity contribution in [2.24, 2.45) is 5.92 Å². The molecule has 3 nitrogen and oxygen atoms in total. The maximum atomic E-state index is 4.32. The summed E-state index contributed by atoms with van der Waals surface area (Å²) >= 11 is 0. The molecule has 1 saturated heterocycles. The van der Waals surface area contributed by atoms with Gasteiger partial charge < -0.3 is 0 Å². The number of nitrogens with zero attached hydrogens (tertiary/aromatic N) is 3. The van der Waals surface area contributed by atoms with Crippen LogP contribution in [-0.2, 0) is 13.1 Å². The highest BCUT2D eigenvalue weighted by Crippen LogP contribution is 2.21. The van der Waals surface area contributed by atoms with E-state index in [1.54, 1.807) is 0 Å². The van der Waals surface area contributed by atoms with Crippen LogP contribution in [0.3, 0.4) is 0 Å². The van der Waals surface area contributed by atoms with Crippen molar-refractivity contribution in [2.45, 2.75) is 39.8 Å². The van der Waals surface area contributed by atoms with Gasteiger partial charge in [0.25, 0.3) is 0 Å². The largest absolute Gasteiger partial charge is 0.299 e. The second kappa shape index (κ2) is 6.44. The molecule has 2 heterocycles. The third-order valence-electron chi connectivity index (χ3n) is 4.61. The van der Waals surface area contributed by atoms with Gasteiger partial charge in [-0.2, -0.15) is 5.10 Å². The smallest absolute Gasteiger partial charge is 0.0489 e. The molecule has 0 bridgehead atoms. The van der Waals surface area contributed by atoms with E-state index >= 15 is 0 Å². The monoisotopic (exact) mass is 283 g/mol. The van der Waals surface area contributed by atoms with Crippen molar-refractivity contribution in [2.75, 3.05) is 13.1 Å². The number of hydrogen-bond donors (Lipinski definition) is 0. The SMILES string of the molecule is Cc1ccc(C)c(CN2CCC(Cn3cccn3)CC2)c1. The van der Waals surface area contributed by atoms with E-state index in [4.69, 9.17) is 0 Å². The van der Waals surface area contributed by atoms with Crippen LogP contribution in [0.15, 0.2) is 36.7 Å². The Balaban J connectivity index is 1.52. The highest BCUT2D eigenvalue weighted by molar-refractivity contribution is 5.30. The second-order valence-corrected chi connectivity index (χ2v) is 6.38. The van der Waals surface area contributed by atoms with E-state index in [2.05, 4.69) is 52.9 Å². The Kier molecular flexibility index (Phi) is 4.39. The van der Waals surface area contributed by atoms with Gasteiger partial charge in [0, 0.05) is 25.5 Å². The summed E-state index contributed by atoms with van der Waals surface area (Å²) in [4.78, 5) is 2.60. The van der Waals surface area contributed by atoms with Gasteiger partial charge in [0.1, 0.15) is 0 Å². The van der Waals surface area contributed by atoms with Crippen LogP contribution in [0.2, 0.25) is 0 Å². The molecule has 21 heavy (non-hydrogen) atoms. The molecule has 1 aromatic carbocycles. The van der Waals surface area contributed by atoms with Gasteiger partial charge in [-0.25, -0.2) is 0 Å². The van der Waals surface area contributed by atoms with Crippen molar-refractivity contribution < 1.29 is 0 Å². The van der Waals surface area contributed by atoms with E-state index in [9.17, 15) is 0 Å². The van der Waals surface area contributed by atoms with Gasteiger partial charge in [-0.15, -0.1) is 0 Å². The molecular formula is C18H25N3. The van der Waals surface area contributed by atoms with Crippen LogP contribution in [0.5, 0.6) is 0 Å². The molecule has 0 N–H and O–H groups in total. The molecule has 0 saturated carbocycles. The van der Waals surface area contributed by atoms with Crippen LogP contribution in [0.25, 0.3) is 0 Å². The first kappa shape index (κ1) is 14.3. The average Bonchev–Trinajstić information content (AvgIpc) is 2.98. The Morgan fingerprint density at radius 2 is 2.00 bits per heavy atom. The predicted molar refractivity (Wildman–Crippen MR) is 86.1 cm³/mol. The molecule has 1 aromatic heterocycles. The van der Waals surface area contributed by atoms with Gasteiger partial charge in [-0.1, -0.05) is 23.8 Å². The lowest BCUT2D eigenvalue weighted by Gasteiger charge is -2.32. The number of benzene rings is 1. The molecule has 0 amide bonds. The zero-order chi connectivity index (χ0) is 14.7. The van der Waals surface area contributed by atoms with Crippen LogP contribution < -0.4 is 0 Å². The highest BCUT2D eigenvalue weighted by Gasteiger charge is 2.20. The van der Waals surface area contributed by atoms with Crippen molar-refractivity contribution in [1.29, 1.82) is 0 Å². The highest BCUT2D eigenvalue weighted by atomic mass is 15.3. The van der Waals surface area contributed by atoms with Gasteiger partial charge in [-0.05, 0) is 62.9 Å². The molecule has 1 fully saturated rings. The summed E-state index contributed by atoms with van der Waals surface area (Å²) < 4.78 is 2.07. The van der Waals surface area contributed by atoms with Crippen LogP contribution in [-0.4, -0.2) is 27.8 Å². The van der Waals surface area contributed by atoms with Gasteiger partial charge in [-0.3, -0.25) is 9.58 Å². The Labute approximate surface area is 127 Å². The zero-order valence-electron chi connectivity index (χ0n) is 13.1. The topological polar surface area (TPSA) is 21.1 Å². The van der Waals surface area contributed by atoms with Crippen molar-refractivity contribution >= 4 is 0 Å². The first-order valence-corrected chi connectivity index (χ1v) is 7.96. The summed E-state index contributed by atoms with van der Waals surface area (Å²) in [5, 5.41) is 4.32. The maximum absolute atomic E-state index is 4.32. The molecule has 2 aromatic rings. The summed E-state index contributed by atoms with van der Waals surface area (Å²) in [6.45, 7) is 8.99. The number of hydrogen-bond acceptors (Lipinski definition) is 2. The molecule has 0 atom stereocenters. The maximum Gasteiger partial charge on any atom is 0.0489 e. The first-order chi connectivity index (χ1) is 10.2. The summed E-state index contributed by atoms with van der Waals surface area (Å²) in [5.74, 6) is 0.778. The fourth-order valence-corrected chi connectivity index (χ4v) is 3.21. The minimum absolute atomic E-state index is 0.778. The third-order valence-corrected chi connectivity index (χ3v) is 4.61. The molecule has 0 radical (unpaired) electrons. The molecule has 0 aliphatic carbocycles. The van der Waals surface area contributed by atoms with Crippen molar-refractivity contribution in [3.63, 3.8) is 0 Å². The fourth-order valence-electron chi connectivity index (χ4n) is 3.21. The number of aromatic nitrogens is 2. The molecule has 3 rings (SSSR count). The molecule has 0 unspecified atom stereocenters. The lowest BCUT2D eigenvalue weighted by molar-refractivity contribution is 0.164. The van der Waals surface area contributed by atoms with Crippen LogP contribution in [0, 0.1) is 19.8 Å². The summed E-state index contributed by atoms with van der Waals surface area (Å²) in [7, 11) is 0. The second-order valence-electron chi connectivity index (χ2n) is 6.38. The van der Waals surface area contributed by atoms with Gasteiger partial charge in [0.15, 0.2) is 0 Å². The Bertz CT molecular complexity index is 566. The zero-order valence-corrected chi connectivity index (χ0v) is 13.1. The Morgan fingerprint density at radius 1 is 1.19 bits per heavy atom. The Hall–Kier alpha value is -1.61. The van der Waals surface area contributed by atoms with Crippen molar-refractivity contribution in [1.82, 2.24) is 14.7 Å². The average molecular weight is 283 g/mol. The minimum atomic E-state index is 0.778. The molecule has 3 heteroatoms. The number of rotatable bonds is 4. The fraction of sp³-hybridized carbons (Fsp3) is 0.500. The molecule has 1 aliphatic heterocycles. The van der Waals surface area contributed by atoms with E-state index in [1.807, 2.05) is 12.3 Å². The van der Waals surface area contributed by atoms with Crippen LogP contribution in [0.4, 0.5) is 0 Å². The normalized spacial score (nSPS) is 17.2. The van der Waals surface area contributed by atoms with Gasteiger partial charge in [0.2, 0.25) is 0 Å². The predicted octanol–water partition coefficient (Wildman–Crippen LogP) is 3.41. The Morgan fingerprint density at radius 3 is 2.71 bits per heavy atom. The van der Waals surface area contributed by atoms with Gasteiger partial charge >= 0.3 is 0 Å². The molecule has 112 valence electrons. The molecule has 0 spiro atoms. The van der Waals surface area contributed by atoms with E-state index in [1.165, 1.54) is 42.6 Å². The van der Waals surface area contributed by atoms with Gasteiger partial charge in [0.05, 0.1) is 0 Å². The summed E-state index contributed by atoms with van der Waals surface area (Å²) in [5.41, 5.74) is 4.27. The third kappa shape index (κ3) is 3.73. The molecule has 1 aliphatic rings. The van der Waals surface area contributed by atoms with E-state index in [0.717, 1.165) is 19.0 Å². The van der Waals surface area contributed by atoms with Crippen molar-refractivity contribution in [3.05, 3.63) is 53.3 Å². The summed E-state index contributed by atoms with van der Waals surface area (Å²) in [6, 6.07) is 8.80. The number of aryl methyl sites for hydroxylation is 2. The quantitative estimate of drug-likeness (QED) is 0.857. The van der Waals surface area contributed by atoms with Crippen LogP contribution in [0.1, 0.15) is 29.5 Å². The summed E-state index contributed by atoms with van der Waals surface area (Å²) in [6.07, 6.45) is 6.51. The molecular weight excluding hydrogens is 258 g/mol. The van der Waals surface area contributed by atoms with Crippen LogP contribution >= 0.6 is 0 Å². The first-order valence-electron chi connectivity index (χ1n) is 7.96.